The first kappa shape index (κ1) is 25.5. The highest BCUT2D eigenvalue weighted by Gasteiger charge is 2.11. The topological polar surface area (TPSA) is 91.5 Å². The van der Waals surface area contributed by atoms with Crippen molar-refractivity contribution in [1.29, 1.82) is 0 Å². The van der Waals surface area contributed by atoms with Crippen molar-refractivity contribution in [3.8, 4) is 0 Å². The van der Waals surface area contributed by atoms with Crippen molar-refractivity contribution >= 4 is 0 Å². The minimum atomic E-state index is 0.908. The lowest BCUT2D eigenvalue weighted by Crippen LogP contribution is -2.42. The van der Waals surface area contributed by atoms with Crippen molar-refractivity contribution in [1.82, 2.24) is 46.7 Å². The summed E-state index contributed by atoms with van der Waals surface area (Å²) in [5.41, 5.74) is 2.35. The van der Waals surface area contributed by atoms with Gasteiger partial charge in [0.15, 0.2) is 0 Å². The molecule has 2 aliphatic rings. The summed E-state index contributed by atoms with van der Waals surface area (Å²) in [6.45, 7) is 18.3. The van der Waals surface area contributed by atoms with E-state index in [1.165, 1.54) is 11.4 Å². The second-order valence-corrected chi connectivity index (χ2v) is 8.67. The average Bonchev–Trinajstić information content (AvgIpc) is 2.78. The Morgan fingerprint density at radius 2 is 0.812 bits per heavy atom. The Labute approximate surface area is 194 Å². The summed E-state index contributed by atoms with van der Waals surface area (Å²) >= 11 is 0. The third kappa shape index (κ3) is 11.1. The standard InChI is InChI=1S/C23H45N9/c1-2-22(20-31-16-12-26-8-4-24-5-9-27-13-17-31)30-23(3-1)21-32-18-14-28-10-6-25-7-11-29-15-19-32/h1-3,24-29H,4-21H2. The van der Waals surface area contributed by atoms with Crippen LogP contribution in [-0.2, 0) is 13.1 Å². The molecule has 9 nitrogen and oxygen atoms in total. The lowest BCUT2D eigenvalue weighted by atomic mass is 10.2. The molecule has 3 rings (SSSR count). The van der Waals surface area contributed by atoms with Gasteiger partial charge in [0, 0.05) is 118 Å². The van der Waals surface area contributed by atoms with E-state index in [4.69, 9.17) is 4.98 Å². The van der Waals surface area contributed by atoms with Crippen molar-refractivity contribution in [3.63, 3.8) is 0 Å². The maximum atomic E-state index is 5.04. The summed E-state index contributed by atoms with van der Waals surface area (Å²) in [6.07, 6.45) is 0. The predicted octanol–water partition coefficient (Wildman–Crippen LogP) is -1.75. The summed E-state index contributed by atoms with van der Waals surface area (Å²) < 4.78 is 0. The van der Waals surface area contributed by atoms with Gasteiger partial charge in [0.05, 0.1) is 11.4 Å². The number of nitrogens with one attached hydrogen (secondary N) is 6. The minimum absolute atomic E-state index is 0.908. The molecule has 0 radical (unpaired) electrons. The van der Waals surface area contributed by atoms with Gasteiger partial charge in [-0.15, -0.1) is 0 Å². The number of rotatable bonds is 4. The summed E-state index contributed by atoms with van der Waals surface area (Å²) in [5.74, 6) is 0. The van der Waals surface area contributed by atoms with Crippen LogP contribution in [0.1, 0.15) is 11.4 Å². The van der Waals surface area contributed by atoms with E-state index in [1.807, 2.05) is 0 Å². The van der Waals surface area contributed by atoms with E-state index in [0.717, 1.165) is 118 Å². The fraction of sp³-hybridized carbons (Fsp3) is 0.783. The Kier molecular flexibility index (Phi) is 13.1. The van der Waals surface area contributed by atoms with E-state index in [0.29, 0.717) is 0 Å². The molecule has 182 valence electrons. The van der Waals surface area contributed by atoms with Gasteiger partial charge in [-0.25, -0.2) is 0 Å². The molecule has 0 saturated carbocycles. The summed E-state index contributed by atoms with van der Waals surface area (Å²) in [4.78, 5) is 10.1. The predicted molar refractivity (Wildman–Crippen MR) is 132 cm³/mol. The van der Waals surface area contributed by atoms with Gasteiger partial charge in [-0.1, -0.05) is 6.07 Å². The van der Waals surface area contributed by atoms with Crippen molar-refractivity contribution in [2.45, 2.75) is 13.1 Å². The van der Waals surface area contributed by atoms with Crippen molar-refractivity contribution in [2.24, 2.45) is 0 Å². The molecule has 0 unspecified atom stereocenters. The number of aromatic nitrogens is 1. The van der Waals surface area contributed by atoms with E-state index >= 15 is 0 Å². The van der Waals surface area contributed by atoms with Crippen LogP contribution in [0.15, 0.2) is 18.2 Å². The number of pyridine rings is 1. The van der Waals surface area contributed by atoms with Gasteiger partial charge >= 0.3 is 0 Å². The van der Waals surface area contributed by atoms with Crippen LogP contribution in [0, 0.1) is 0 Å². The molecule has 2 saturated heterocycles. The minimum Gasteiger partial charge on any atom is -0.314 e. The quantitative estimate of drug-likeness (QED) is 0.322. The van der Waals surface area contributed by atoms with E-state index in [-0.39, 0.29) is 0 Å². The molecule has 0 aliphatic carbocycles. The molecule has 0 aromatic carbocycles. The molecular weight excluding hydrogens is 402 g/mol. The lowest BCUT2D eigenvalue weighted by molar-refractivity contribution is 0.253. The van der Waals surface area contributed by atoms with Crippen LogP contribution in [0.5, 0.6) is 0 Å². The van der Waals surface area contributed by atoms with Gasteiger partial charge in [-0.2, -0.15) is 0 Å². The van der Waals surface area contributed by atoms with Crippen molar-refractivity contribution in [3.05, 3.63) is 29.6 Å². The molecular formula is C23H45N9. The third-order valence-electron chi connectivity index (χ3n) is 5.97. The van der Waals surface area contributed by atoms with Crippen molar-refractivity contribution in [2.75, 3.05) is 105 Å². The molecule has 3 heterocycles. The second-order valence-electron chi connectivity index (χ2n) is 8.67. The van der Waals surface area contributed by atoms with E-state index in [1.54, 1.807) is 0 Å². The van der Waals surface area contributed by atoms with Crippen LogP contribution >= 0.6 is 0 Å². The molecule has 9 heteroatoms. The average molecular weight is 448 g/mol. The van der Waals surface area contributed by atoms with Gasteiger partial charge < -0.3 is 31.9 Å². The van der Waals surface area contributed by atoms with Crippen LogP contribution < -0.4 is 31.9 Å². The molecule has 0 bridgehead atoms. The lowest BCUT2D eigenvalue weighted by Gasteiger charge is -2.25. The van der Waals surface area contributed by atoms with E-state index in [2.05, 4.69) is 59.9 Å². The van der Waals surface area contributed by atoms with Crippen LogP contribution in [0.4, 0.5) is 0 Å². The normalized spacial score (nSPS) is 22.8. The fourth-order valence-corrected chi connectivity index (χ4v) is 4.11. The molecule has 0 atom stereocenters. The summed E-state index contributed by atoms with van der Waals surface area (Å²) in [6, 6.07) is 6.53. The number of hydrogen-bond acceptors (Lipinski definition) is 9. The smallest absolute Gasteiger partial charge is 0.0547 e. The highest BCUT2D eigenvalue weighted by molar-refractivity contribution is 5.11. The third-order valence-corrected chi connectivity index (χ3v) is 5.97. The van der Waals surface area contributed by atoms with Gasteiger partial charge in [0.25, 0.3) is 0 Å². The van der Waals surface area contributed by atoms with Gasteiger partial charge in [-0.05, 0) is 12.1 Å². The van der Waals surface area contributed by atoms with Gasteiger partial charge in [0.2, 0.25) is 0 Å². The summed E-state index contributed by atoms with van der Waals surface area (Å²) in [7, 11) is 0. The Morgan fingerprint density at radius 1 is 0.500 bits per heavy atom. The molecule has 1 aromatic heterocycles. The van der Waals surface area contributed by atoms with E-state index in [9.17, 15) is 0 Å². The fourth-order valence-electron chi connectivity index (χ4n) is 4.11. The summed E-state index contributed by atoms with van der Waals surface area (Å²) in [5, 5.41) is 21.1. The Hall–Kier alpha value is -1.17. The monoisotopic (exact) mass is 447 g/mol. The molecule has 32 heavy (non-hydrogen) atoms. The molecule has 1 aromatic rings. The number of nitrogens with zero attached hydrogens (tertiary/aromatic N) is 3. The Morgan fingerprint density at radius 3 is 1.16 bits per heavy atom. The first-order chi connectivity index (χ1) is 15.9. The van der Waals surface area contributed by atoms with Crippen LogP contribution in [0.3, 0.4) is 0 Å². The highest BCUT2D eigenvalue weighted by atomic mass is 15.2. The highest BCUT2D eigenvalue weighted by Crippen LogP contribution is 2.07. The zero-order valence-electron chi connectivity index (χ0n) is 19.8. The Bertz CT molecular complexity index is 529. The van der Waals surface area contributed by atoms with Crippen molar-refractivity contribution < 1.29 is 0 Å². The largest absolute Gasteiger partial charge is 0.314 e. The zero-order valence-corrected chi connectivity index (χ0v) is 19.8. The molecule has 2 fully saturated rings. The van der Waals surface area contributed by atoms with E-state index < -0.39 is 0 Å². The molecule has 0 amide bonds. The zero-order chi connectivity index (χ0) is 22.1. The molecule has 6 N–H and O–H groups in total. The van der Waals surface area contributed by atoms with Gasteiger partial charge in [-0.3, -0.25) is 14.8 Å². The van der Waals surface area contributed by atoms with Crippen LogP contribution in [0.25, 0.3) is 0 Å². The molecule has 2 aliphatic heterocycles. The number of hydrogen-bond donors (Lipinski definition) is 6. The maximum Gasteiger partial charge on any atom is 0.0547 e. The Balaban J connectivity index is 1.51. The molecule has 0 spiro atoms. The first-order valence-corrected chi connectivity index (χ1v) is 12.5. The van der Waals surface area contributed by atoms with Crippen LogP contribution in [-0.4, -0.2) is 119 Å². The van der Waals surface area contributed by atoms with Crippen LogP contribution in [0.2, 0.25) is 0 Å². The first-order valence-electron chi connectivity index (χ1n) is 12.5. The van der Waals surface area contributed by atoms with Gasteiger partial charge in [0.1, 0.15) is 0 Å². The second kappa shape index (κ2) is 16.4. The SMILES string of the molecule is c1cc(CN2CCNCCNCCNCC2)nc(CN2CCNCCNCCNCC2)c1. The maximum absolute atomic E-state index is 5.04.